The highest BCUT2D eigenvalue weighted by molar-refractivity contribution is 5.76. The zero-order valence-electron chi connectivity index (χ0n) is 13.1. The number of hydrogen-bond donors (Lipinski definition) is 1. The summed E-state index contributed by atoms with van der Waals surface area (Å²) >= 11 is 0. The Labute approximate surface area is 126 Å². The minimum atomic E-state index is -0.838. The first-order valence-corrected chi connectivity index (χ1v) is 7.97. The highest BCUT2D eigenvalue weighted by atomic mass is 16.4. The molecule has 2 rings (SSSR count). The molecule has 6 nitrogen and oxygen atoms in total. The van der Waals surface area contributed by atoms with Gasteiger partial charge >= 0.3 is 12.0 Å². The molecule has 0 unspecified atom stereocenters. The van der Waals surface area contributed by atoms with E-state index in [1.165, 1.54) is 0 Å². The van der Waals surface area contributed by atoms with E-state index < -0.39 is 5.97 Å². The van der Waals surface area contributed by atoms with Gasteiger partial charge in [0.15, 0.2) is 0 Å². The third-order valence-electron chi connectivity index (χ3n) is 4.07. The zero-order valence-corrected chi connectivity index (χ0v) is 13.1. The van der Waals surface area contributed by atoms with Crippen LogP contribution in [0.25, 0.3) is 0 Å². The lowest BCUT2D eigenvalue weighted by molar-refractivity contribution is -0.137. The van der Waals surface area contributed by atoms with Crippen LogP contribution in [0, 0.1) is 5.92 Å². The average Bonchev–Trinajstić information content (AvgIpc) is 3.23. The summed E-state index contributed by atoms with van der Waals surface area (Å²) in [5.41, 5.74) is 0. The van der Waals surface area contributed by atoms with Crippen molar-refractivity contribution in [2.75, 3.05) is 39.3 Å². The Kier molecular flexibility index (Phi) is 5.45. The van der Waals surface area contributed by atoms with E-state index in [-0.39, 0.29) is 18.5 Å². The Morgan fingerprint density at radius 1 is 1.19 bits per heavy atom. The lowest BCUT2D eigenvalue weighted by Gasteiger charge is -2.38. The van der Waals surface area contributed by atoms with Gasteiger partial charge in [-0.05, 0) is 18.8 Å². The molecule has 0 aromatic rings. The van der Waals surface area contributed by atoms with Gasteiger partial charge in [0.2, 0.25) is 0 Å². The summed E-state index contributed by atoms with van der Waals surface area (Å²) < 4.78 is 0. The fraction of sp³-hybridized carbons (Fsp3) is 0.867. The molecular weight excluding hydrogens is 270 g/mol. The molecule has 21 heavy (non-hydrogen) atoms. The molecule has 1 saturated heterocycles. The Bertz CT molecular complexity index is 374. The molecule has 0 spiro atoms. The summed E-state index contributed by atoms with van der Waals surface area (Å²) in [6, 6.07) is 0.300. The standard InChI is InChI=1S/C15H27N3O3/c1-12(2)11-16-7-9-17(10-8-16)15(21)18(13-3-4-13)6-5-14(19)20/h12-13H,3-11H2,1-2H3,(H,19,20). The van der Waals surface area contributed by atoms with E-state index in [2.05, 4.69) is 18.7 Å². The van der Waals surface area contributed by atoms with Crippen molar-refractivity contribution >= 4 is 12.0 Å². The van der Waals surface area contributed by atoms with E-state index in [0.717, 1.165) is 45.6 Å². The highest BCUT2D eigenvalue weighted by Gasteiger charge is 2.35. The number of carbonyl (C=O) groups is 2. The second-order valence-corrected chi connectivity index (χ2v) is 6.53. The zero-order chi connectivity index (χ0) is 15.4. The van der Waals surface area contributed by atoms with Crippen molar-refractivity contribution in [1.29, 1.82) is 0 Å². The van der Waals surface area contributed by atoms with Gasteiger partial charge in [0.25, 0.3) is 0 Å². The lowest BCUT2D eigenvalue weighted by Crippen LogP contribution is -2.54. The van der Waals surface area contributed by atoms with E-state index in [0.29, 0.717) is 12.5 Å². The minimum Gasteiger partial charge on any atom is -0.481 e. The Morgan fingerprint density at radius 3 is 2.29 bits per heavy atom. The largest absolute Gasteiger partial charge is 0.481 e. The van der Waals surface area contributed by atoms with Gasteiger partial charge in [-0.1, -0.05) is 13.8 Å². The Morgan fingerprint density at radius 2 is 1.81 bits per heavy atom. The maximum Gasteiger partial charge on any atom is 0.320 e. The first-order valence-electron chi connectivity index (χ1n) is 7.97. The van der Waals surface area contributed by atoms with Crippen LogP contribution in [0.4, 0.5) is 4.79 Å². The number of hydrogen-bond acceptors (Lipinski definition) is 3. The van der Waals surface area contributed by atoms with Gasteiger partial charge in [-0.3, -0.25) is 9.69 Å². The van der Waals surface area contributed by atoms with Crippen LogP contribution in [0.15, 0.2) is 0 Å². The summed E-state index contributed by atoms with van der Waals surface area (Å²) in [5.74, 6) is -0.194. The van der Waals surface area contributed by atoms with Crippen LogP contribution in [0.3, 0.4) is 0 Å². The molecule has 1 N–H and O–H groups in total. The first-order chi connectivity index (χ1) is 9.97. The van der Waals surface area contributed by atoms with Crippen LogP contribution in [0.5, 0.6) is 0 Å². The van der Waals surface area contributed by atoms with Gasteiger partial charge in [-0.25, -0.2) is 4.79 Å². The second-order valence-electron chi connectivity index (χ2n) is 6.53. The Hall–Kier alpha value is -1.30. The van der Waals surface area contributed by atoms with Crippen LogP contribution in [0.2, 0.25) is 0 Å². The predicted molar refractivity (Wildman–Crippen MR) is 80.2 cm³/mol. The van der Waals surface area contributed by atoms with Crippen LogP contribution in [0.1, 0.15) is 33.1 Å². The van der Waals surface area contributed by atoms with Crippen LogP contribution >= 0.6 is 0 Å². The van der Waals surface area contributed by atoms with Gasteiger partial charge in [0, 0.05) is 45.3 Å². The molecule has 0 aromatic heterocycles. The van der Waals surface area contributed by atoms with Crippen molar-refractivity contribution < 1.29 is 14.7 Å². The maximum absolute atomic E-state index is 12.6. The molecule has 2 amide bonds. The highest BCUT2D eigenvalue weighted by Crippen LogP contribution is 2.28. The van der Waals surface area contributed by atoms with Gasteiger partial charge in [0.1, 0.15) is 0 Å². The predicted octanol–water partition coefficient (Wildman–Crippen LogP) is 1.32. The van der Waals surface area contributed by atoms with E-state index >= 15 is 0 Å². The number of carbonyl (C=O) groups excluding carboxylic acids is 1. The number of nitrogens with zero attached hydrogens (tertiary/aromatic N) is 3. The van der Waals surface area contributed by atoms with E-state index in [4.69, 9.17) is 5.11 Å². The van der Waals surface area contributed by atoms with Crippen LogP contribution in [-0.2, 0) is 4.79 Å². The SMILES string of the molecule is CC(C)CN1CCN(C(=O)N(CCC(=O)O)C2CC2)CC1. The van der Waals surface area contributed by atoms with Gasteiger partial charge in [-0.2, -0.15) is 0 Å². The smallest absolute Gasteiger partial charge is 0.320 e. The third-order valence-corrected chi connectivity index (χ3v) is 4.07. The van der Waals surface area contributed by atoms with Crippen LogP contribution in [-0.4, -0.2) is 77.1 Å². The number of amides is 2. The molecular formula is C15H27N3O3. The normalized spacial score (nSPS) is 19.9. The molecule has 0 aromatic carbocycles. The second kappa shape index (κ2) is 7.11. The molecule has 1 aliphatic heterocycles. The number of piperazine rings is 1. The molecule has 1 saturated carbocycles. The van der Waals surface area contributed by atoms with E-state index in [9.17, 15) is 9.59 Å². The third kappa shape index (κ3) is 4.88. The molecule has 0 bridgehead atoms. The quantitative estimate of drug-likeness (QED) is 0.803. The molecule has 2 fully saturated rings. The summed E-state index contributed by atoms with van der Waals surface area (Å²) in [6.07, 6.45) is 2.06. The number of urea groups is 1. The first kappa shape index (κ1) is 16.1. The fourth-order valence-electron chi connectivity index (χ4n) is 2.86. The molecule has 1 aliphatic carbocycles. The van der Waals surface area contributed by atoms with E-state index in [1.807, 2.05) is 4.90 Å². The monoisotopic (exact) mass is 297 g/mol. The van der Waals surface area contributed by atoms with Crippen LogP contribution < -0.4 is 0 Å². The lowest BCUT2D eigenvalue weighted by atomic mass is 10.2. The number of rotatable bonds is 6. The minimum absolute atomic E-state index is 0.0305. The molecule has 120 valence electrons. The van der Waals surface area contributed by atoms with Crippen molar-refractivity contribution in [1.82, 2.24) is 14.7 Å². The molecule has 0 radical (unpaired) electrons. The Balaban J connectivity index is 1.82. The topological polar surface area (TPSA) is 64.1 Å². The maximum atomic E-state index is 12.6. The summed E-state index contributed by atoms with van der Waals surface area (Å²) in [5, 5.41) is 8.82. The molecule has 1 heterocycles. The van der Waals surface area contributed by atoms with Gasteiger partial charge < -0.3 is 14.9 Å². The number of aliphatic carboxylic acids is 1. The molecule has 6 heteroatoms. The van der Waals surface area contributed by atoms with Crippen molar-refractivity contribution in [2.45, 2.75) is 39.2 Å². The van der Waals surface area contributed by atoms with Gasteiger partial charge in [0.05, 0.1) is 6.42 Å². The van der Waals surface area contributed by atoms with Crippen molar-refractivity contribution in [3.05, 3.63) is 0 Å². The summed E-state index contributed by atoms with van der Waals surface area (Å²) in [7, 11) is 0. The van der Waals surface area contributed by atoms with Crippen molar-refractivity contribution in [3.8, 4) is 0 Å². The molecule has 2 aliphatic rings. The van der Waals surface area contributed by atoms with E-state index in [1.54, 1.807) is 4.90 Å². The van der Waals surface area contributed by atoms with Crippen molar-refractivity contribution in [3.63, 3.8) is 0 Å². The number of carboxylic acids is 1. The fourth-order valence-corrected chi connectivity index (χ4v) is 2.86. The molecule has 0 atom stereocenters. The summed E-state index contributed by atoms with van der Waals surface area (Å²) in [6.45, 7) is 9.17. The number of carboxylic acid groups (broad SMARTS) is 1. The summed E-state index contributed by atoms with van der Waals surface area (Å²) in [4.78, 5) is 29.3. The average molecular weight is 297 g/mol. The van der Waals surface area contributed by atoms with Crippen molar-refractivity contribution in [2.24, 2.45) is 5.92 Å². The van der Waals surface area contributed by atoms with Gasteiger partial charge in [-0.15, -0.1) is 0 Å².